The van der Waals surface area contributed by atoms with Crippen LogP contribution in [0.3, 0.4) is 0 Å². The van der Waals surface area contributed by atoms with Crippen molar-refractivity contribution in [3.05, 3.63) is 82.9 Å². The molecular formula is C22H17ClN4O2S2. The number of hydrogen-bond acceptors (Lipinski definition) is 6. The average molecular weight is 469 g/mol. The number of hydrogen-bond donors (Lipinski definition) is 1. The van der Waals surface area contributed by atoms with E-state index in [4.69, 9.17) is 21.7 Å². The molecule has 1 N–H and O–H groups in total. The molecule has 0 saturated carbocycles. The number of amidine groups is 3. The van der Waals surface area contributed by atoms with E-state index in [9.17, 15) is 4.79 Å². The summed E-state index contributed by atoms with van der Waals surface area (Å²) in [6.07, 6.45) is 3.21. The van der Waals surface area contributed by atoms with E-state index in [1.807, 2.05) is 30.3 Å². The van der Waals surface area contributed by atoms with Gasteiger partial charge >= 0.3 is 0 Å². The molecule has 9 heteroatoms. The lowest BCUT2D eigenvalue weighted by Crippen LogP contribution is -2.41. The minimum Gasteiger partial charge on any atom is -0.489 e. The summed E-state index contributed by atoms with van der Waals surface area (Å²) in [6, 6.07) is 15.1. The van der Waals surface area contributed by atoms with E-state index < -0.39 is 5.91 Å². The summed E-state index contributed by atoms with van der Waals surface area (Å²) < 4.78 is 10.1. The number of aliphatic imine (C=N–C) groups is 1. The number of carbonyl (C=O) groups excluding carboxylic acids is 1. The van der Waals surface area contributed by atoms with Crippen LogP contribution in [0.2, 0.25) is 5.02 Å². The van der Waals surface area contributed by atoms with Crippen LogP contribution < -0.4 is 4.74 Å². The van der Waals surface area contributed by atoms with Crippen molar-refractivity contribution < 1.29 is 9.53 Å². The van der Waals surface area contributed by atoms with Gasteiger partial charge in [-0.25, -0.2) is 4.90 Å². The quantitative estimate of drug-likeness (QED) is 0.348. The maximum Gasteiger partial charge on any atom is 0.283 e. The number of benzene rings is 2. The van der Waals surface area contributed by atoms with E-state index >= 15 is 0 Å². The highest BCUT2D eigenvalue weighted by Crippen LogP contribution is 2.34. The molecule has 0 unspecified atom stereocenters. The Morgan fingerprint density at radius 1 is 1.26 bits per heavy atom. The number of thioether (sulfide) groups is 1. The third-order valence-electron chi connectivity index (χ3n) is 4.33. The summed E-state index contributed by atoms with van der Waals surface area (Å²) in [5, 5.41) is 10.2. The first kappa shape index (κ1) is 21.4. The van der Waals surface area contributed by atoms with Crippen molar-refractivity contribution in [2.45, 2.75) is 5.75 Å². The molecule has 0 saturated heterocycles. The minimum absolute atomic E-state index is 0.0222. The molecule has 2 aromatic carbocycles. The summed E-state index contributed by atoms with van der Waals surface area (Å²) in [5.41, 5.74) is 1.87. The lowest BCUT2D eigenvalue weighted by Gasteiger charge is -2.24. The van der Waals surface area contributed by atoms with E-state index in [-0.39, 0.29) is 11.4 Å². The van der Waals surface area contributed by atoms with Gasteiger partial charge in [0.15, 0.2) is 5.17 Å². The third-order valence-corrected chi connectivity index (χ3v) is 6.40. The first-order valence-corrected chi connectivity index (χ1v) is 11.4. The number of fused-ring (bicyclic) bond motifs is 1. The summed E-state index contributed by atoms with van der Waals surface area (Å²) in [7, 11) is 0. The zero-order chi connectivity index (χ0) is 21.8. The van der Waals surface area contributed by atoms with Crippen molar-refractivity contribution in [3.8, 4) is 5.75 Å². The van der Waals surface area contributed by atoms with Gasteiger partial charge in [-0.3, -0.25) is 10.2 Å². The lowest BCUT2D eigenvalue weighted by molar-refractivity contribution is -0.114. The van der Waals surface area contributed by atoms with Gasteiger partial charge in [-0.15, -0.1) is 0 Å². The van der Waals surface area contributed by atoms with Crippen molar-refractivity contribution in [3.63, 3.8) is 0 Å². The van der Waals surface area contributed by atoms with Gasteiger partial charge in [0.1, 0.15) is 18.2 Å². The first-order valence-electron chi connectivity index (χ1n) is 9.25. The highest BCUT2D eigenvalue weighted by atomic mass is 35.5. The maximum atomic E-state index is 12.7. The van der Waals surface area contributed by atoms with E-state index in [0.29, 0.717) is 39.0 Å². The second-order valence-electron chi connectivity index (χ2n) is 6.46. The fraction of sp³-hybridized carbons (Fsp3) is 0.0909. The largest absolute Gasteiger partial charge is 0.489 e. The minimum atomic E-state index is -0.497. The monoisotopic (exact) mass is 468 g/mol. The van der Waals surface area contributed by atoms with Gasteiger partial charge in [-0.1, -0.05) is 66.3 Å². The number of nitrogens with one attached hydrogen (secondary N) is 1. The van der Waals surface area contributed by atoms with Crippen LogP contribution in [0, 0.1) is 5.41 Å². The van der Waals surface area contributed by atoms with E-state index in [0.717, 1.165) is 17.5 Å². The van der Waals surface area contributed by atoms with Gasteiger partial charge in [0, 0.05) is 16.3 Å². The number of amides is 1. The van der Waals surface area contributed by atoms with Gasteiger partial charge in [-0.05, 0) is 29.8 Å². The molecule has 0 atom stereocenters. The summed E-state index contributed by atoms with van der Waals surface area (Å²) in [5.74, 6) is 0.755. The number of nitrogens with zero attached hydrogens (tertiary/aromatic N) is 3. The lowest BCUT2D eigenvalue weighted by atomic mass is 10.1. The zero-order valence-electron chi connectivity index (χ0n) is 16.2. The molecule has 31 heavy (non-hydrogen) atoms. The molecular weight excluding hydrogens is 452 g/mol. The fourth-order valence-electron chi connectivity index (χ4n) is 2.88. The number of rotatable bonds is 6. The topological polar surface area (TPSA) is 78.1 Å². The molecule has 0 aliphatic carbocycles. The van der Waals surface area contributed by atoms with Gasteiger partial charge in [0.05, 0.1) is 17.5 Å². The Labute approximate surface area is 193 Å². The van der Waals surface area contributed by atoms with Crippen LogP contribution in [0.4, 0.5) is 0 Å². The molecule has 156 valence electrons. The Bertz CT molecular complexity index is 1150. The van der Waals surface area contributed by atoms with E-state index in [1.54, 1.807) is 35.3 Å². The van der Waals surface area contributed by atoms with Crippen LogP contribution >= 0.6 is 35.3 Å². The molecule has 0 radical (unpaired) electrons. The molecule has 0 spiro atoms. The summed E-state index contributed by atoms with van der Waals surface area (Å²) in [6.45, 7) is 3.96. The van der Waals surface area contributed by atoms with E-state index in [1.165, 1.54) is 11.8 Å². The van der Waals surface area contributed by atoms with Crippen LogP contribution in [0.25, 0.3) is 6.08 Å². The van der Waals surface area contributed by atoms with Crippen LogP contribution in [0.5, 0.6) is 5.75 Å². The standard InChI is InChI=1S/C22H17ClN4O2S2/c1-2-10-29-18-9-8-16(23)11-15(18)12-17-19(24)27-21(25-20(17)28)31-26-22(27)30-13-14-6-4-3-5-7-14/h2-9,11-12,24H,1,10,13H2. The third kappa shape index (κ3) is 4.76. The Kier molecular flexibility index (Phi) is 6.60. The van der Waals surface area contributed by atoms with Gasteiger partial charge in [-0.2, -0.15) is 9.39 Å². The van der Waals surface area contributed by atoms with Crippen LogP contribution in [0.1, 0.15) is 11.1 Å². The molecule has 2 aliphatic heterocycles. The fourth-order valence-corrected chi connectivity index (χ4v) is 4.87. The molecule has 2 aromatic rings. The molecule has 0 fully saturated rings. The highest BCUT2D eigenvalue weighted by Gasteiger charge is 2.37. The molecule has 2 heterocycles. The van der Waals surface area contributed by atoms with Gasteiger partial charge in [0.25, 0.3) is 5.91 Å². The number of halogens is 1. The number of carbonyl (C=O) groups is 1. The molecule has 0 bridgehead atoms. The van der Waals surface area contributed by atoms with E-state index in [2.05, 4.69) is 16.0 Å². The Morgan fingerprint density at radius 2 is 2.06 bits per heavy atom. The van der Waals surface area contributed by atoms with Crippen molar-refractivity contribution in [1.29, 1.82) is 5.41 Å². The maximum absolute atomic E-state index is 12.7. The molecule has 2 aliphatic rings. The Morgan fingerprint density at radius 3 is 2.84 bits per heavy atom. The second-order valence-corrected chi connectivity index (χ2v) is 8.57. The summed E-state index contributed by atoms with van der Waals surface area (Å²) >= 11 is 8.74. The number of ether oxygens (including phenoxy) is 1. The van der Waals surface area contributed by atoms with Crippen molar-refractivity contribution in [2.75, 3.05) is 6.61 Å². The van der Waals surface area contributed by atoms with Crippen molar-refractivity contribution in [2.24, 2.45) is 9.39 Å². The second kappa shape index (κ2) is 9.55. The van der Waals surface area contributed by atoms with Crippen molar-refractivity contribution in [1.82, 2.24) is 4.90 Å². The van der Waals surface area contributed by atoms with Crippen molar-refractivity contribution >= 4 is 63.5 Å². The van der Waals surface area contributed by atoms with Crippen LogP contribution in [0.15, 0.2) is 76.1 Å². The average Bonchev–Trinajstić information content (AvgIpc) is 3.18. The molecule has 6 nitrogen and oxygen atoms in total. The molecule has 1 amide bonds. The predicted octanol–water partition coefficient (Wildman–Crippen LogP) is 5.41. The highest BCUT2D eigenvalue weighted by molar-refractivity contribution is 8.18. The Balaban J connectivity index is 1.61. The normalized spacial score (nSPS) is 16.8. The predicted molar refractivity (Wildman–Crippen MR) is 130 cm³/mol. The van der Waals surface area contributed by atoms with Gasteiger partial charge in [0.2, 0.25) is 5.17 Å². The smallest absolute Gasteiger partial charge is 0.283 e. The molecule has 0 aromatic heterocycles. The summed E-state index contributed by atoms with van der Waals surface area (Å²) in [4.78, 5) is 18.4. The zero-order valence-corrected chi connectivity index (χ0v) is 18.6. The first-order chi connectivity index (χ1) is 15.1. The SMILES string of the molecule is C=CCOc1ccc(Cl)cc1C=C1C(=N)N2C(SCc3ccccc3)=NSC2=NC1=O. The Hall–Kier alpha value is -2.81. The van der Waals surface area contributed by atoms with Gasteiger partial charge < -0.3 is 4.74 Å². The van der Waals surface area contributed by atoms with Crippen LogP contribution in [-0.2, 0) is 10.5 Å². The van der Waals surface area contributed by atoms with Crippen LogP contribution in [-0.4, -0.2) is 33.6 Å². The molecule has 4 rings (SSSR count).